The number of aromatic nitrogens is 2. The Balaban J connectivity index is 1.53. The molecule has 4 rings (SSSR count). The zero-order valence-corrected chi connectivity index (χ0v) is 22.8. The van der Waals surface area contributed by atoms with Crippen molar-refractivity contribution < 1.29 is 14.3 Å². The lowest BCUT2D eigenvalue weighted by molar-refractivity contribution is 0.0955. The number of rotatable bonds is 11. The van der Waals surface area contributed by atoms with Crippen LogP contribution in [0.1, 0.15) is 27.9 Å². The van der Waals surface area contributed by atoms with Gasteiger partial charge in [-0.05, 0) is 48.2 Å². The Kier molecular flexibility index (Phi) is 9.91. The molecule has 0 radical (unpaired) electrons. The molecule has 0 spiro atoms. The summed E-state index contributed by atoms with van der Waals surface area (Å²) in [5.74, 6) is 0.763. The van der Waals surface area contributed by atoms with Crippen LogP contribution in [0.25, 0.3) is 0 Å². The predicted octanol–water partition coefficient (Wildman–Crippen LogP) is 4.32. The summed E-state index contributed by atoms with van der Waals surface area (Å²) in [6, 6.07) is 13.4. The molecule has 1 aliphatic rings. The quantitative estimate of drug-likeness (QED) is 0.300. The van der Waals surface area contributed by atoms with Gasteiger partial charge in [0.15, 0.2) is 5.82 Å². The summed E-state index contributed by atoms with van der Waals surface area (Å²) in [5, 5.41) is 18.2. The molecule has 11 heteroatoms. The van der Waals surface area contributed by atoms with Gasteiger partial charge in [-0.1, -0.05) is 23.7 Å². The van der Waals surface area contributed by atoms with Gasteiger partial charge < -0.3 is 30.3 Å². The van der Waals surface area contributed by atoms with Crippen LogP contribution < -0.4 is 20.7 Å². The summed E-state index contributed by atoms with van der Waals surface area (Å²) >= 11 is 6.44. The third kappa shape index (κ3) is 7.35. The Morgan fingerprint density at radius 1 is 1.15 bits per heavy atom. The van der Waals surface area contributed by atoms with E-state index in [1.54, 1.807) is 25.3 Å². The first kappa shape index (κ1) is 28.1. The summed E-state index contributed by atoms with van der Waals surface area (Å²) in [6.07, 6.45) is 3.66. The zero-order valence-electron chi connectivity index (χ0n) is 22.1. The maximum absolute atomic E-state index is 12.8. The molecule has 1 amide bonds. The van der Waals surface area contributed by atoms with E-state index in [1.165, 1.54) is 24.4 Å². The fourth-order valence-electron chi connectivity index (χ4n) is 4.40. The van der Waals surface area contributed by atoms with Crippen LogP contribution in [0, 0.1) is 11.3 Å². The minimum Gasteiger partial charge on any atom is -0.495 e. The van der Waals surface area contributed by atoms with E-state index in [2.05, 4.69) is 43.0 Å². The van der Waals surface area contributed by atoms with E-state index in [0.717, 1.165) is 44.8 Å². The minimum atomic E-state index is -0.346. The fourth-order valence-corrected chi connectivity index (χ4v) is 4.54. The lowest BCUT2D eigenvalue weighted by atomic mass is 10.0. The minimum absolute atomic E-state index is 0.208. The highest BCUT2D eigenvalue weighted by atomic mass is 35.5. The Bertz CT molecular complexity index is 1350. The number of ether oxygens (including phenoxy) is 2. The van der Waals surface area contributed by atoms with Crippen LogP contribution in [-0.2, 0) is 17.6 Å². The number of hydrogen-bond donors (Lipinski definition) is 3. The number of nitrogens with zero attached hydrogens (tertiary/aromatic N) is 4. The third-order valence-corrected chi connectivity index (χ3v) is 6.75. The summed E-state index contributed by atoms with van der Waals surface area (Å²) in [5.41, 5.74) is 4.26. The van der Waals surface area contributed by atoms with Gasteiger partial charge in [-0.15, -0.1) is 0 Å². The van der Waals surface area contributed by atoms with Crippen LogP contribution in [0.2, 0.25) is 5.02 Å². The Morgan fingerprint density at radius 2 is 1.97 bits per heavy atom. The van der Waals surface area contributed by atoms with Crippen molar-refractivity contribution >= 4 is 40.6 Å². The first-order valence-electron chi connectivity index (χ1n) is 12.7. The summed E-state index contributed by atoms with van der Waals surface area (Å²) in [4.78, 5) is 24.1. The molecule has 204 valence electrons. The van der Waals surface area contributed by atoms with Crippen LogP contribution in [0.4, 0.5) is 23.1 Å². The molecule has 1 aliphatic heterocycles. The fraction of sp³-hybridized carbons (Fsp3) is 0.357. The van der Waals surface area contributed by atoms with Gasteiger partial charge in [-0.3, -0.25) is 4.79 Å². The molecular formula is C28H32ClN7O3. The van der Waals surface area contributed by atoms with Gasteiger partial charge in [0.25, 0.3) is 5.91 Å². The summed E-state index contributed by atoms with van der Waals surface area (Å²) in [6.45, 7) is 3.89. The van der Waals surface area contributed by atoms with Crippen molar-refractivity contribution in [2.24, 2.45) is 0 Å². The van der Waals surface area contributed by atoms with Gasteiger partial charge in [0.2, 0.25) is 5.95 Å². The first-order chi connectivity index (χ1) is 19.0. The van der Waals surface area contributed by atoms with Crippen LogP contribution in [0.5, 0.6) is 5.75 Å². The molecule has 0 bridgehead atoms. The molecule has 39 heavy (non-hydrogen) atoms. The van der Waals surface area contributed by atoms with Gasteiger partial charge in [0.05, 0.1) is 43.7 Å². The topological polar surface area (TPSA) is 124 Å². The monoisotopic (exact) mass is 549 g/mol. The van der Waals surface area contributed by atoms with Gasteiger partial charge in [0.1, 0.15) is 10.8 Å². The molecule has 3 N–H and O–H groups in total. The number of carbonyl (C=O) groups excluding carboxylic acids is 1. The molecule has 0 fully saturated rings. The normalized spacial score (nSPS) is 13.1. The van der Waals surface area contributed by atoms with E-state index in [9.17, 15) is 4.79 Å². The number of carbonyl (C=O) groups is 1. The molecule has 3 aromatic rings. The van der Waals surface area contributed by atoms with Crippen molar-refractivity contribution in [2.75, 3.05) is 57.6 Å². The van der Waals surface area contributed by atoms with Crippen molar-refractivity contribution in [2.45, 2.75) is 19.3 Å². The maximum Gasteiger partial charge on any atom is 0.253 e. The molecule has 0 saturated heterocycles. The van der Waals surface area contributed by atoms with Crippen molar-refractivity contribution in [3.63, 3.8) is 0 Å². The van der Waals surface area contributed by atoms with E-state index >= 15 is 0 Å². The molecule has 10 nitrogen and oxygen atoms in total. The predicted molar refractivity (Wildman–Crippen MR) is 151 cm³/mol. The molecular weight excluding hydrogens is 518 g/mol. The SMILES string of the molecule is COCCN1CCc2ccc(Nc3ncc(Cl)c(Nc4c(OC)cccc4C(=O)NCCC#N)n3)cc2CC1. The number of nitrogens with one attached hydrogen (secondary N) is 3. The number of fused-ring (bicyclic) bond motifs is 1. The number of anilines is 4. The molecule has 0 atom stereocenters. The number of amides is 1. The van der Waals surface area contributed by atoms with Crippen molar-refractivity contribution in [1.82, 2.24) is 20.2 Å². The van der Waals surface area contributed by atoms with E-state index < -0.39 is 0 Å². The van der Waals surface area contributed by atoms with Crippen LogP contribution in [-0.4, -0.2) is 67.8 Å². The number of hydrogen-bond acceptors (Lipinski definition) is 9. The number of halogens is 1. The average molecular weight is 550 g/mol. The van der Waals surface area contributed by atoms with Gasteiger partial charge >= 0.3 is 0 Å². The zero-order chi connectivity index (χ0) is 27.6. The average Bonchev–Trinajstić information content (AvgIpc) is 3.15. The van der Waals surface area contributed by atoms with E-state index in [-0.39, 0.29) is 23.9 Å². The molecule has 0 aliphatic carbocycles. The Labute approximate surface area is 233 Å². The number of methoxy groups -OCH3 is 2. The largest absolute Gasteiger partial charge is 0.495 e. The lowest BCUT2D eigenvalue weighted by Crippen LogP contribution is -2.29. The van der Waals surface area contributed by atoms with E-state index in [4.69, 9.17) is 26.3 Å². The van der Waals surface area contributed by atoms with E-state index in [1.807, 2.05) is 12.1 Å². The second-order valence-electron chi connectivity index (χ2n) is 9.00. The molecule has 0 saturated carbocycles. The van der Waals surface area contributed by atoms with Gasteiger partial charge in [-0.2, -0.15) is 10.2 Å². The summed E-state index contributed by atoms with van der Waals surface area (Å²) < 4.78 is 10.7. The van der Waals surface area contributed by atoms with Gasteiger partial charge in [-0.25, -0.2) is 4.98 Å². The lowest BCUT2D eigenvalue weighted by Gasteiger charge is -2.18. The smallest absolute Gasteiger partial charge is 0.253 e. The summed E-state index contributed by atoms with van der Waals surface area (Å²) in [7, 11) is 3.25. The number of benzene rings is 2. The van der Waals surface area contributed by atoms with Crippen molar-refractivity contribution in [3.8, 4) is 11.8 Å². The maximum atomic E-state index is 12.8. The van der Waals surface area contributed by atoms with Crippen molar-refractivity contribution in [1.29, 1.82) is 5.26 Å². The highest BCUT2D eigenvalue weighted by Crippen LogP contribution is 2.34. The van der Waals surface area contributed by atoms with Crippen LogP contribution in [0.3, 0.4) is 0 Å². The first-order valence-corrected chi connectivity index (χ1v) is 13.1. The second kappa shape index (κ2) is 13.8. The highest BCUT2D eigenvalue weighted by molar-refractivity contribution is 6.33. The van der Waals surface area contributed by atoms with Crippen molar-refractivity contribution in [3.05, 3.63) is 64.3 Å². The molecule has 2 heterocycles. The molecule has 2 aromatic carbocycles. The highest BCUT2D eigenvalue weighted by Gasteiger charge is 2.19. The van der Waals surface area contributed by atoms with Gasteiger partial charge in [0, 0.05) is 39.0 Å². The third-order valence-electron chi connectivity index (χ3n) is 6.47. The van der Waals surface area contributed by atoms with E-state index in [0.29, 0.717) is 28.8 Å². The Morgan fingerprint density at radius 3 is 2.74 bits per heavy atom. The Hall–Kier alpha value is -3.91. The second-order valence-corrected chi connectivity index (χ2v) is 9.41. The number of para-hydroxylation sites is 1. The van der Waals surface area contributed by atoms with Crippen LogP contribution >= 0.6 is 11.6 Å². The number of nitriles is 1. The standard InChI is InChI=1S/C28H32ClN7O3/c1-38-16-15-36-13-9-19-7-8-21(17-20(19)10-14-36)33-28-32-18-23(29)26(35-28)34-25-22(5-3-6-24(25)39-2)27(37)31-12-4-11-30/h3,5-8,17-18H,4,9-10,12-16H2,1-2H3,(H,31,37)(H2,32,33,34,35). The molecule has 1 aromatic heterocycles. The van der Waals surface area contributed by atoms with Crippen LogP contribution in [0.15, 0.2) is 42.6 Å². The molecule has 0 unspecified atom stereocenters.